The van der Waals surface area contributed by atoms with Crippen LogP contribution in [0.5, 0.6) is 0 Å². The number of rotatable bonds is 1. The molecule has 0 saturated heterocycles. The molecule has 0 aliphatic heterocycles. The molecule has 0 amide bonds. The molecule has 0 unspecified atom stereocenters. The zero-order chi connectivity index (χ0) is 14.4. The van der Waals surface area contributed by atoms with Crippen LogP contribution in [0.4, 0.5) is 10.1 Å². The maximum atomic E-state index is 13.8. The molecule has 1 heterocycles. The summed E-state index contributed by atoms with van der Waals surface area (Å²) in [5.74, 6) is -0.731. The van der Waals surface area contributed by atoms with Gasteiger partial charge >= 0.3 is 0 Å². The van der Waals surface area contributed by atoms with E-state index in [4.69, 9.17) is 4.42 Å². The van der Waals surface area contributed by atoms with Crippen molar-refractivity contribution in [2.75, 3.05) is 0 Å². The van der Waals surface area contributed by atoms with E-state index in [1.54, 1.807) is 0 Å². The summed E-state index contributed by atoms with van der Waals surface area (Å²) in [6.45, 7) is 0. The highest BCUT2D eigenvalue weighted by atomic mass is 79.9. The van der Waals surface area contributed by atoms with E-state index in [2.05, 4.69) is 15.9 Å². The van der Waals surface area contributed by atoms with Crippen molar-refractivity contribution in [3.05, 3.63) is 61.0 Å². The van der Waals surface area contributed by atoms with Crippen molar-refractivity contribution in [2.24, 2.45) is 0 Å². The lowest BCUT2D eigenvalue weighted by Gasteiger charge is -2.03. The summed E-state index contributed by atoms with van der Waals surface area (Å²) >= 11 is 3.18. The van der Waals surface area contributed by atoms with E-state index >= 15 is 0 Å². The number of non-ortho nitro benzene ring substituents is 1. The molecule has 5 nitrogen and oxygen atoms in total. The van der Waals surface area contributed by atoms with Gasteiger partial charge in [-0.3, -0.25) is 14.9 Å². The number of benzene rings is 2. The van der Waals surface area contributed by atoms with E-state index in [1.807, 2.05) is 0 Å². The Morgan fingerprint density at radius 2 is 2.00 bits per heavy atom. The van der Waals surface area contributed by atoms with Crippen LogP contribution < -0.4 is 5.43 Å². The Morgan fingerprint density at radius 1 is 1.25 bits per heavy atom. The molecule has 0 N–H and O–H groups in total. The summed E-state index contributed by atoms with van der Waals surface area (Å²) in [5.41, 5.74) is -0.640. The van der Waals surface area contributed by atoms with Gasteiger partial charge in [0, 0.05) is 12.1 Å². The topological polar surface area (TPSA) is 73.3 Å². The van der Waals surface area contributed by atoms with Crippen LogP contribution in [0.2, 0.25) is 0 Å². The van der Waals surface area contributed by atoms with E-state index in [9.17, 15) is 19.3 Å². The van der Waals surface area contributed by atoms with Crippen LogP contribution in [-0.2, 0) is 0 Å². The van der Waals surface area contributed by atoms with Crippen molar-refractivity contribution >= 4 is 43.6 Å². The van der Waals surface area contributed by atoms with Gasteiger partial charge in [0.1, 0.15) is 16.8 Å². The Balaban J connectivity index is 2.55. The van der Waals surface area contributed by atoms with E-state index in [0.717, 1.165) is 12.1 Å². The first-order chi connectivity index (χ1) is 9.49. The Kier molecular flexibility index (Phi) is 2.79. The monoisotopic (exact) mass is 337 g/mol. The van der Waals surface area contributed by atoms with Crippen molar-refractivity contribution in [1.82, 2.24) is 0 Å². The first-order valence-electron chi connectivity index (χ1n) is 5.48. The molecule has 1 aromatic heterocycles. The summed E-state index contributed by atoms with van der Waals surface area (Å²) in [5, 5.41) is 10.5. The number of halogens is 2. The summed E-state index contributed by atoms with van der Waals surface area (Å²) in [6.07, 6.45) is 0. The minimum absolute atomic E-state index is 0.0244. The molecule has 7 heteroatoms. The molecule has 0 aliphatic carbocycles. The van der Waals surface area contributed by atoms with Gasteiger partial charge in [-0.2, -0.15) is 0 Å². The fraction of sp³-hybridized carbons (Fsp3) is 0. The van der Waals surface area contributed by atoms with Crippen molar-refractivity contribution < 1.29 is 13.7 Å². The second-order valence-electron chi connectivity index (χ2n) is 4.10. The lowest BCUT2D eigenvalue weighted by atomic mass is 10.1. The molecule has 2 aromatic carbocycles. The lowest BCUT2D eigenvalue weighted by molar-refractivity contribution is -0.384. The van der Waals surface area contributed by atoms with Crippen molar-refractivity contribution in [3.63, 3.8) is 0 Å². The molecule has 0 saturated carbocycles. The summed E-state index contributed by atoms with van der Waals surface area (Å²) in [7, 11) is 0. The van der Waals surface area contributed by atoms with Crippen LogP contribution in [0.15, 0.2) is 44.0 Å². The zero-order valence-electron chi connectivity index (χ0n) is 9.72. The molecule has 0 bridgehead atoms. The second kappa shape index (κ2) is 4.38. The third-order valence-corrected chi connectivity index (χ3v) is 3.54. The number of nitro groups is 1. The number of nitrogens with zero attached hydrogens (tertiary/aromatic N) is 1. The van der Waals surface area contributed by atoms with E-state index in [1.165, 1.54) is 18.2 Å². The van der Waals surface area contributed by atoms with Crippen LogP contribution in [0, 0.1) is 15.9 Å². The minimum Gasteiger partial charge on any atom is -0.454 e. The molecule has 3 rings (SSSR count). The molecule has 3 aromatic rings. The lowest BCUT2D eigenvalue weighted by Crippen LogP contribution is -2.05. The maximum absolute atomic E-state index is 13.8. The van der Waals surface area contributed by atoms with Gasteiger partial charge in [0.05, 0.1) is 14.8 Å². The zero-order valence-corrected chi connectivity index (χ0v) is 11.3. The Bertz CT molecular complexity index is 935. The van der Waals surface area contributed by atoms with Gasteiger partial charge in [0.2, 0.25) is 5.43 Å². The van der Waals surface area contributed by atoms with Gasteiger partial charge in [-0.15, -0.1) is 0 Å². The highest BCUT2D eigenvalue weighted by molar-refractivity contribution is 9.10. The average molecular weight is 338 g/mol. The Morgan fingerprint density at radius 3 is 2.70 bits per heavy atom. The van der Waals surface area contributed by atoms with Crippen molar-refractivity contribution in [2.45, 2.75) is 0 Å². The molecule has 20 heavy (non-hydrogen) atoms. The van der Waals surface area contributed by atoms with Crippen LogP contribution in [0.3, 0.4) is 0 Å². The second-order valence-corrected chi connectivity index (χ2v) is 4.96. The molecular weight excluding hydrogens is 333 g/mol. The molecule has 0 radical (unpaired) electrons. The maximum Gasteiger partial charge on any atom is 0.270 e. The predicted molar refractivity (Wildman–Crippen MR) is 74.3 cm³/mol. The van der Waals surface area contributed by atoms with Gasteiger partial charge in [0.25, 0.3) is 5.69 Å². The highest BCUT2D eigenvalue weighted by Gasteiger charge is 2.16. The first kappa shape index (κ1) is 12.7. The van der Waals surface area contributed by atoms with Gasteiger partial charge in [0.15, 0.2) is 5.58 Å². The Labute approximate surface area is 118 Å². The summed E-state index contributed by atoms with van der Waals surface area (Å²) in [4.78, 5) is 22.4. The number of hydrogen-bond acceptors (Lipinski definition) is 4. The fourth-order valence-corrected chi connectivity index (χ4v) is 2.40. The van der Waals surface area contributed by atoms with Crippen molar-refractivity contribution in [3.8, 4) is 0 Å². The third-order valence-electron chi connectivity index (χ3n) is 2.92. The van der Waals surface area contributed by atoms with Gasteiger partial charge in [-0.1, -0.05) is 0 Å². The number of nitro benzene ring substituents is 1. The molecule has 0 atom stereocenters. The summed E-state index contributed by atoms with van der Waals surface area (Å²) < 4.78 is 19.7. The van der Waals surface area contributed by atoms with Gasteiger partial charge in [-0.25, -0.2) is 4.39 Å². The first-order valence-corrected chi connectivity index (χ1v) is 6.27. The van der Waals surface area contributed by atoms with Crippen LogP contribution >= 0.6 is 15.9 Å². The predicted octanol–water partition coefficient (Wildman–Crippen LogP) is 3.76. The van der Waals surface area contributed by atoms with Crippen LogP contribution in [0.25, 0.3) is 21.9 Å². The standard InChI is InChI=1S/C13H5BrFNO4/c14-8-2-3-9(15)11-12(17)7-5-6(16(18)19)1-4-10(7)20-13(8)11/h1-5H. The van der Waals surface area contributed by atoms with Crippen LogP contribution in [-0.4, -0.2) is 4.92 Å². The van der Waals surface area contributed by atoms with E-state index < -0.39 is 16.2 Å². The smallest absolute Gasteiger partial charge is 0.270 e. The largest absolute Gasteiger partial charge is 0.454 e. The summed E-state index contributed by atoms with van der Waals surface area (Å²) in [6, 6.07) is 6.20. The SMILES string of the molecule is O=c1c2cc([N+](=O)[O-])ccc2oc2c(Br)ccc(F)c12. The fourth-order valence-electron chi connectivity index (χ4n) is 1.99. The third kappa shape index (κ3) is 1.78. The normalized spacial score (nSPS) is 11.1. The average Bonchev–Trinajstić information content (AvgIpc) is 2.42. The Hall–Kier alpha value is -2.28. The molecule has 0 spiro atoms. The number of hydrogen-bond donors (Lipinski definition) is 0. The van der Waals surface area contributed by atoms with E-state index in [-0.39, 0.29) is 27.6 Å². The number of fused-ring (bicyclic) bond motifs is 2. The van der Waals surface area contributed by atoms with Gasteiger partial charge < -0.3 is 4.42 Å². The quantitative estimate of drug-likeness (QED) is 0.385. The van der Waals surface area contributed by atoms with E-state index in [0.29, 0.717) is 4.47 Å². The van der Waals surface area contributed by atoms with Gasteiger partial charge in [-0.05, 0) is 34.1 Å². The molecule has 0 fully saturated rings. The minimum atomic E-state index is -0.731. The molecular formula is C13H5BrFNO4. The van der Waals surface area contributed by atoms with Crippen molar-refractivity contribution in [1.29, 1.82) is 0 Å². The molecule has 0 aliphatic rings. The molecule has 100 valence electrons. The van der Waals surface area contributed by atoms with Crippen LogP contribution in [0.1, 0.15) is 0 Å². The highest BCUT2D eigenvalue weighted by Crippen LogP contribution is 2.28.